The van der Waals surface area contributed by atoms with Crippen LogP contribution in [0.5, 0.6) is 5.75 Å². The summed E-state index contributed by atoms with van der Waals surface area (Å²) in [6, 6.07) is 5.55. The number of ether oxygens (including phenoxy) is 1. The average Bonchev–Trinajstić information content (AvgIpc) is 3.04. The highest BCUT2D eigenvalue weighted by molar-refractivity contribution is 6.00. The summed E-state index contributed by atoms with van der Waals surface area (Å²) in [5.74, 6) is 1.29. The van der Waals surface area contributed by atoms with Crippen molar-refractivity contribution in [3.05, 3.63) is 18.2 Å². The zero-order valence-corrected chi connectivity index (χ0v) is 15.4. The number of anilines is 2. The van der Waals surface area contributed by atoms with Gasteiger partial charge in [-0.25, -0.2) is 0 Å². The number of carbonyl (C=O) groups excluding carboxylic acids is 2. The Morgan fingerprint density at radius 2 is 2.04 bits per heavy atom. The molecule has 1 aliphatic carbocycles. The Labute approximate surface area is 149 Å². The largest absolute Gasteiger partial charge is 0.490 e. The van der Waals surface area contributed by atoms with Crippen LogP contribution in [0, 0.1) is 11.3 Å². The third-order valence-electron chi connectivity index (χ3n) is 5.21. The first-order valence-corrected chi connectivity index (χ1v) is 9.29. The second kappa shape index (κ2) is 7.06. The molecule has 0 bridgehead atoms. The summed E-state index contributed by atoms with van der Waals surface area (Å²) in [6.07, 6.45) is 5.37. The Morgan fingerprint density at radius 3 is 2.72 bits per heavy atom. The number of amides is 2. The van der Waals surface area contributed by atoms with Gasteiger partial charge >= 0.3 is 0 Å². The van der Waals surface area contributed by atoms with Crippen molar-refractivity contribution in [3.8, 4) is 5.75 Å². The summed E-state index contributed by atoms with van der Waals surface area (Å²) in [5, 5.41) is 2.98. The van der Waals surface area contributed by atoms with E-state index in [9.17, 15) is 9.59 Å². The molecule has 5 nitrogen and oxygen atoms in total. The Bertz CT molecular complexity index is 663. The van der Waals surface area contributed by atoms with Gasteiger partial charge in [-0.05, 0) is 51.7 Å². The second-order valence-corrected chi connectivity index (χ2v) is 7.81. The first-order valence-electron chi connectivity index (χ1n) is 9.29. The molecular weight excluding hydrogens is 316 g/mol. The summed E-state index contributed by atoms with van der Waals surface area (Å²) in [5.41, 5.74) is 0.929. The van der Waals surface area contributed by atoms with Gasteiger partial charge in [0.05, 0.1) is 11.1 Å². The van der Waals surface area contributed by atoms with Crippen LogP contribution in [0.15, 0.2) is 18.2 Å². The quantitative estimate of drug-likeness (QED) is 0.899. The number of benzene rings is 1. The predicted molar refractivity (Wildman–Crippen MR) is 98.9 cm³/mol. The normalized spacial score (nSPS) is 20.0. The molecule has 1 aromatic rings. The fourth-order valence-electron chi connectivity index (χ4n) is 3.73. The van der Waals surface area contributed by atoms with Crippen LogP contribution in [0.3, 0.4) is 0 Å². The van der Waals surface area contributed by atoms with E-state index in [0.717, 1.165) is 24.2 Å². The predicted octanol–water partition coefficient (Wildman–Crippen LogP) is 3.98. The molecule has 0 unspecified atom stereocenters. The molecular formula is C20H28N2O3. The minimum absolute atomic E-state index is 0.0595. The van der Waals surface area contributed by atoms with Crippen molar-refractivity contribution in [2.45, 2.75) is 52.9 Å². The van der Waals surface area contributed by atoms with Gasteiger partial charge in [0.1, 0.15) is 12.4 Å². The Hall–Kier alpha value is -2.04. The lowest BCUT2D eigenvalue weighted by Crippen LogP contribution is -2.42. The minimum Gasteiger partial charge on any atom is -0.490 e. The van der Waals surface area contributed by atoms with E-state index < -0.39 is 5.41 Å². The molecule has 1 aromatic carbocycles. The topological polar surface area (TPSA) is 58.6 Å². The van der Waals surface area contributed by atoms with Crippen LogP contribution in [0.25, 0.3) is 0 Å². The molecule has 1 heterocycles. The summed E-state index contributed by atoms with van der Waals surface area (Å²) in [7, 11) is 0. The van der Waals surface area contributed by atoms with Gasteiger partial charge in [-0.3, -0.25) is 9.59 Å². The first-order chi connectivity index (χ1) is 11.9. The van der Waals surface area contributed by atoms with Crippen molar-refractivity contribution >= 4 is 23.2 Å². The molecule has 0 radical (unpaired) electrons. The van der Waals surface area contributed by atoms with E-state index in [1.165, 1.54) is 12.8 Å². The zero-order chi connectivity index (χ0) is 18.0. The molecule has 1 aliphatic heterocycles. The highest BCUT2D eigenvalue weighted by atomic mass is 16.5. The van der Waals surface area contributed by atoms with Gasteiger partial charge in [0.25, 0.3) is 0 Å². The number of nitrogens with one attached hydrogen (secondary N) is 1. The number of rotatable bonds is 4. The third kappa shape index (κ3) is 3.80. The Kier molecular flexibility index (Phi) is 5.02. The van der Waals surface area contributed by atoms with Gasteiger partial charge < -0.3 is 15.0 Å². The van der Waals surface area contributed by atoms with Crippen LogP contribution in [-0.2, 0) is 9.59 Å². The standard InChI is InChI=1S/C20H28N2O3/c1-4-22-16-10-9-15(21-18(23)11-14-7-5-6-8-14)12-17(16)25-13-20(2,3)19(22)24/h9-10,12,14H,4-8,11,13H2,1-3H3,(H,21,23). The van der Waals surface area contributed by atoms with Crippen molar-refractivity contribution in [1.29, 1.82) is 0 Å². The smallest absolute Gasteiger partial charge is 0.236 e. The maximum atomic E-state index is 12.7. The summed E-state index contributed by atoms with van der Waals surface area (Å²) in [6.45, 7) is 6.67. The van der Waals surface area contributed by atoms with Crippen LogP contribution in [0.1, 0.15) is 52.9 Å². The average molecular weight is 344 g/mol. The van der Waals surface area contributed by atoms with E-state index in [1.807, 2.05) is 39.0 Å². The van der Waals surface area contributed by atoms with Crippen molar-refractivity contribution in [1.82, 2.24) is 0 Å². The van der Waals surface area contributed by atoms with Crippen molar-refractivity contribution in [3.63, 3.8) is 0 Å². The molecule has 0 aromatic heterocycles. The van der Waals surface area contributed by atoms with E-state index >= 15 is 0 Å². The Balaban J connectivity index is 1.76. The molecule has 2 amide bonds. The minimum atomic E-state index is -0.569. The van der Waals surface area contributed by atoms with Gasteiger partial charge in [-0.2, -0.15) is 0 Å². The SMILES string of the molecule is CCN1C(=O)C(C)(C)COc2cc(NC(=O)CC3CCCC3)ccc21. The maximum Gasteiger partial charge on any atom is 0.236 e. The van der Waals surface area contributed by atoms with Crippen LogP contribution in [-0.4, -0.2) is 25.0 Å². The van der Waals surface area contributed by atoms with Crippen molar-refractivity contribution in [2.24, 2.45) is 11.3 Å². The van der Waals surface area contributed by atoms with Crippen molar-refractivity contribution in [2.75, 3.05) is 23.4 Å². The molecule has 3 rings (SSSR count). The Morgan fingerprint density at radius 1 is 1.32 bits per heavy atom. The van der Waals surface area contributed by atoms with Gasteiger partial charge in [0.2, 0.25) is 11.8 Å². The molecule has 0 atom stereocenters. The number of hydrogen-bond acceptors (Lipinski definition) is 3. The number of fused-ring (bicyclic) bond motifs is 1. The lowest BCUT2D eigenvalue weighted by atomic mass is 9.93. The lowest BCUT2D eigenvalue weighted by molar-refractivity contribution is -0.127. The highest BCUT2D eigenvalue weighted by Crippen LogP contribution is 2.38. The zero-order valence-electron chi connectivity index (χ0n) is 15.4. The summed E-state index contributed by atoms with van der Waals surface area (Å²) in [4.78, 5) is 26.7. The van der Waals surface area contributed by atoms with Crippen LogP contribution < -0.4 is 15.0 Å². The molecule has 1 saturated carbocycles. The molecule has 136 valence electrons. The molecule has 5 heteroatoms. The molecule has 1 N–H and O–H groups in total. The van der Waals surface area contributed by atoms with E-state index in [-0.39, 0.29) is 11.8 Å². The highest BCUT2D eigenvalue weighted by Gasteiger charge is 2.37. The van der Waals surface area contributed by atoms with Gasteiger partial charge in [-0.15, -0.1) is 0 Å². The van der Waals surface area contributed by atoms with Crippen molar-refractivity contribution < 1.29 is 14.3 Å². The first kappa shape index (κ1) is 17.8. The molecule has 25 heavy (non-hydrogen) atoms. The fraction of sp³-hybridized carbons (Fsp3) is 0.600. The molecule has 1 fully saturated rings. The van der Waals surface area contributed by atoms with Gasteiger partial charge in [-0.1, -0.05) is 12.8 Å². The fourth-order valence-corrected chi connectivity index (χ4v) is 3.73. The van der Waals surface area contributed by atoms with E-state index in [2.05, 4.69) is 5.32 Å². The molecule has 0 saturated heterocycles. The van der Waals surface area contributed by atoms with E-state index in [1.54, 1.807) is 4.90 Å². The van der Waals surface area contributed by atoms with Crippen LogP contribution in [0.2, 0.25) is 0 Å². The number of hydrogen-bond donors (Lipinski definition) is 1. The third-order valence-corrected chi connectivity index (χ3v) is 5.21. The number of carbonyl (C=O) groups is 2. The maximum absolute atomic E-state index is 12.7. The van der Waals surface area contributed by atoms with E-state index in [0.29, 0.717) is 31.2 Å². The van der Waals surface area contributed by atoms with E-state index in [4.69, 9.17) is 4.74 Å². The lowest BCUT2D eigenvalue weighted by Gasteiger charge is -2.26. The van der Waals surface area contributed by atoms with Gasteiger partial charge in [0, 0.05) is 24.7 Å². The summed E-state index contributed by atoms with van der Waals surface area (Å²) >= 11 is 0. The molecule has 2 aliphatic rings. The molecule has 0 spiro atoms. The summed E-state index contributed by atoms with van der Waals surface area (Å²) < 4.78 is 5.91. The van der Waals surface area contributed by atoms with Gasteiger partial charge in [0.15, 0.2) is 0 Å². The number of nitrogens with zero attached hydrogens (tertiary/aromatic N) is 1. The second-order valence-electron chi connectivity index (χ2n) is 7.81. The van der Waals surface area contributed by atoms with Crippen LogP contribution in [0.4, 0.5) is 11.4 Å². The van der Waals surface area contributed by atoms with Crippen LogP contribution >= 0.6 is 0 Å². The monoisotopic (exact) mass is 344 g/mol.